The Kier molecular flexibility index (Phi) is 4.29. The van der Waals surface area contributed by atoms with E-state index in [1.165, 1.54) is 18.0 Å². The molecule has 21 heavy (non-hydrogen) atoms. The molecule has 0 atom stereocenters. The quantitative estimate of drug-likeness (QED) is 0.810. The van der Waals surface area contributed by atoms with Crippen LogP contribution in [0.15, 0.2) is 22.7 Å². The van der Waals surface area contributed by atoms with E-state index in [0.717, 1.165) is 11.5 Å². The van der Waals surface area contributed by atoms with Gasteiger partial charge in [0.2, 0.25) is 0 Å². The molecule has 0 spiro atoms. The number of anilines is 2. The van der Waals surface area contributed by atoms with Gasteiger partial charge in [0.25, 0.3) is 5.91 Å². The maximum atomic E-state index is 12.5. The van der Waals surface area contributed by atoms with E-state index in [2.05, 4.69) is 20.3 Å². The second-order valence-corrected chi connectivity index (χ2v) is 6.06. The summed E-state index contributed by atoms with van der Waals surface area (Å²) in [6.45, 7) is 1.60. The lowest BCUT2D eigenvalue weighted by Gasteiger charge is -2.16. The van der Waals surface area contributed by atoms with Crippen molar-refractivity contribution in [1.29, 1.82) is 0 Å². The first-order valence-electron chi connectivity index (χ1n) is 5.85. The first kappa shape index (κ1) is 15.5. The smallest absolute Gasteiger partial charge is 0.340 e. The number of amides is 1. The summed E-state index contributed by atoms with van der Waals surface area (Å²) in [6, 6.07) is 4.84. The molecule has 0 saturated heterocycles. The van der Waals surface area contributed by atoms with E-state index in [1.54, 1.807) is 19.1 Å². The minimum atomic E-state index is -1.11. The van der Waals surface area contributed by atoms with E-state index < -0.39 is 5.97 Å². The molecule has 0 unspecified atom stereocenters. The minimum Gasteiger partial charge on any atom is -0.478 e. The highest BCUT2D eigenvalue weighted by Gasteiger charge is 2.24. The van der Waals surface area contributed by atoms with Gasteiger partial charge in [-0.2, -0.15) is 4.37 Å². The van der Waals surface area contributed by atoms with Gasteiger partial charge in [-0.25, -0.2) is 4.79 Å². The van der Waals surface area contributed by atoms with Crippen LogP contribution in [0.2, 0.25) is 0 Å². The number of carboxylic acids is 1. The summed E-state index contributed by atoms with van der Waals surface area (Å²) in [5.41, 5.74) is 6.95. The standard InChI is InChI=1S/C13H12BrN3O3S/c1-6-10(13(19)20)12(21-16-6)17(2)11(18)7-3-8(14)5-9(15)4-7/h3-5H,15H2,1-2H3,(H,19,20). The Hall–Kier alpha value is -1.93. The number of benzene rings is 1. The molecule has 2 rings (SSSR count). The number of aryl methyl sites for hydroxylation is 1. The molecule has 0 aliphatic carbocycles. The van der Waals surface area contributed by atoms with Gasteiger partial charge in [-0.1, -0.05) is 15.9 Å². The molecule has 3 N–H and O–H groups in total. The summed E-state index contributed by atoms with van der Waals surface area (Å²) >= 11 is 4.25. The van der Waals surface area contributed by atoms with Crippen molar-refractivity contribution in [2.45, 2.75) is 6.92 Å². The highest BCUT2D eigenvalue weighted by Crippen LogP contribution is 2.29. The van der Waals surface area contributed by atoms with Gasteiger partial charge < -0.3 is 15.7 Å². The average Bonchev–Trinajstić information content (AvgIpc) is 2.77. The number of hydrogen-bond acceptors (Lipinski definition) is 5. The fourth-order valence-electron chi connectivity index (χ4n) is 1.85. The normalized spacial score (nSPS) is 10.4. The number of nitrogen functional groups attached to an aromatic ring is 1. The summed E-state index contributed by atoms with van der Waals surface area (Å²) in [5.74, 6) is -1.46. The molecular formula is C13H12BrN3O3S. The molecule has 110 valence electrons. The zero-order valence-electron chi connectivity index (χ0n) is 11.3. The zero-order valence-corrected chi connectivity index (χ0v) is 13.7. The third kappa shape index (κ3) is 3.06. The lowest BCUT2D eigenvalue weighted by atomic mass is 10.1. The third-order valence-electron chi connectivity index (χ3n) is 2.83. The number of aromatic carboxylic acids is 1. The largest absolute Gasteiger partial charge is 0.478 e. The second-order valence-electron chi connectivity index (χ2n) is 4.39. The number of hydrogen-bond donors (Lipinski definition) is 2. The van der Waals surface area contributed by atoms with E-state index in [9.17, 15) is 14.7 Å². The summed E-state index contributed by atoms with van der Waals surface area (Å²) < 4.78 is 4.68. The van der Waals surface area contributed by atoms with Crippen molar-refractivity contribution in [1.82, 2.24) is 4.37 Å². The fraction of sp³-hybridized carbons (Fsp3) is 0.154. The molecule has 1 amide bonds. The van der Waals surface area contributed by atoms with E-state index in [4.69, 9.17) is 5.73 Å². The van der Waals surface area contributed by atoms with Gasteiger partial charge in [-0.3, -0.25) is 4.79 Å². The van der Waals surface area contributed by atoms with E-state index in [1.807, 2.05) is 0 Å². The van der Waals surface area contributed by atoms with Crippen LogP contribution < -0.4 is 10.6 Å². The summed E-state index contributed by atoms with van der Waals surface area (Å²) in [7, 11) is 1.51. The molecule has 2 aromatic rings. The Morgan fingerprint density at radius 1 is 1.38 bits per heavy atom. The molecule has 0 fully saturated rings. The summed E-state index contributed by atoms with van der Waals surface area (Å²) in [5, 5.41) is 9.52. The van der Waals surface area contributed by atoms with Crippen LogP contribution >= 0.6 is 27.5 Å². The van der Waals surface area contributed by atoms with Crippen LogP contribution in [0, 0.1) is 6.92 Å². The van der Waals surface area contributed by atoms with Crippen LogP contribution in [0.4, 0.5) is 10.7 Å². The maximum absolute atomic E-state index is 12.5. The Morgan fingerprint density at radius 2 is 2.05 bits per heavy atom. The number of aromatic nitrogens is 1. The molecule has 1 aromatic carbocycles. The van der Waals surface area contributed by atoms with Gasteiger partial charge in [0.1, 0.15) is 10.6 Å². The predicted molar refractivity (Wildman–Crippen MR) is 85.1 cm³/mol. The number of nitrogens with two attached hydrogens (primary N) is 1. The van der Waals surface area contributed by atoms with E-state index in [-0.39, 0.29) is 11.5 Å². The molecule has 0 aliphatic heterocycles. The van der Waals surface area contributed by atoms with Crippen LogP contribution in [0.25, 0.3) is 0 Å². The maximum Gasteiger partial charge on any atom is 0.340 e. The van der Waals surface area contributed by atoms with Crippen molar-refractivity contribution < 1.29 is 14.7 Å². The highest BCUT2D eigenvalue weighted by atomic mass is 79.9. The number of carbonyl (C=O) groups is 2. The Labute approximate surface area is 133 Å². The Bertz CT molecular complexity index is 709. The van der Waals surface area contributed by atoms with Crippen LogP contribution in [0.5, 0.6) is 0 Å². The summed E-state index contributed by atoms with van der Waals surface area (Å²) in [6.07, 6.45) is 0. The Morgan fingerprint density at radius 3 is 2.62 bits per heavy atom. The monoisotopic (exact) mass is 369 g/mol. The van der Waals surface area contributed by atoms with Crippen LogP contribution in [-0.2, 0) is 0 Å². The highest BCUT2D eigenvalue weighted by molar-refractivity contribution is 9.10. The summed E-state index contributed by atoms with van der Waals surface area (Å²) in [4.78, 5) is 25.0. The van der Waals surface area contributed by atoms with E-state index >= 15 is 0 Å². The first-order valence-corrected chi connectivity index (χ1v) is 7.41. The topological polar surface area (TPSA) is 96.5 Å². The number of nitrogens with zero attached hydrogens (tertiary/aromatic N) is 2. The van der Waals surface area contributed by atoms with Gasteiger partial charge in [-0.15, -0.1) is 0 Å². The zero-order chi connectivity index (χ0) is 15.7. The predicted octanol–water partition coefficient (Wildman–Crippen LogP) is 2.77. The molecular weight excluding hydrogens is 358 g/mol. The van der Waals surface area contributed by atoms with Crippen molar-refractivity contribution in [3.05, 3.63) is 39.5 Å². The molecule has 6 nitrogen and oxygen atoms in total. The number of halogens is 1. The second kappa shape index (κ2) is 5.82. The van der Waals surface area contributed by atoms with Crippen LogP contribution in [-0.4, -0.2) is 28.4 Å². The van der Waals surface area contributed by atoms with Gasteiger partial charge >= 0.3 is 5.97 Å². The average molecular weight is 370 g/mol. The van der Waals surface area contributed by atoms with Gasteiger partial charge in [0.05, 0.1) is 5.69 Å². The van der Waals surface area contributed by atoms with Crippen molar-refractivity contribution >= 4 is 50.0 Å². The molecule has 0 radical (unpaired) electrons. The van der Waals surface area contributed by atoms with Gasteiger partial charge in [0, 0.05) is 22.8 Å². The minimum absolute atomic E-state index is 0.0406. The lowest BCUT2D eigenvalue weighted by Crippen LogP contribution is -2.27. The number of carboxylic acid groups (broad SMARTS) is 1. The van der Waals surface area contributed by atoms with Crippen LogP contribution in [0.1, 0.15) is 26.4 Å². The third-order valence-corrected chi connectivity index (χ3v) is 4.31. The van der Waals surface area contributed by atoms with Crippen molar-refractivity contribution in [2.24, 2.45) is 0 Å². The molecule has 0 saturated carbocycles. The molecule has 8 heteroatoms. The van der Waals surface area contributed by atoms with Gasteiger partial charge in [-0.05, 0) is 36.7 Å². The molecule has 1 aromatic heterocycles. The van der Waals surface area contributed by atoms with Crippen LogP contribution in [0.3, 0.4) is 0 Å². The fourth-order valence-corrected chi connectivity index (χ4v) is 3.21. The van der Waals surface area contributed by atoms with Crippen molar-refractivity contribution in [3.8, 4) is 0 Å². The van der Waals surface area contributed by atoms with Crippen molar-refractivity contribution in [3.63, 3.8) is 0 Å². The molecule has 1 heterocycles. The molecule has 0 bridgehead atoms. The molecule has 0 aliphatic rings. The lowest BCUT2D eigenvalue weighted by molar-refractivity contribution is 0.0697. The van der Waals surface area contributed by atoms with Crippen molar-refractivity contribution in [2.75, 3.05) is 17.7 Å². The van der Waals surface area contributed by atoms with Gasteiger partial charge in [0.15, 0.2) is 0 Å². The first-order chi connectivity index (χ1) is 9.81. The Balaban J connectivity index is 2.42. The number of rotatable bonds is 3. The van der Waals surface area contributed by atoms with E-state index in [0.29, 0.717) is 26.4 Å². The number of carbonyl (C=O) groups excluding carboxylic acids is 1. The SMILES string of the molecule is Cc1nsc(N(C)C(=O)c2cc(N)cc(Br)c2)c1C(=O)O.